The number of benzene rings is 1. The van der Waals surface area contributed by atoms with Crippen LogP contribution in [0.15, 0.2) is 18.2 Å². The van der Waals surface area contributed by atoms with Crippen molar-refractivity contribution >= 4 is 0 Å². The second-order valence-corrected chi connectivity index (χ2v) is 3.77. The van der Waals surface area contributed by atoms with Crippen LogP contribution >= 0.6 is 0 Å². The van der Waals surface area contributed by atoms with E-state index in [1.807, 2.05) is 6.92 Å². The van der Waals surface area contributed by atoms with Crippen LogP contribution in [0.5, 0.6) is 5.75 Å². The molecule has 0 fully saturated rings. The summed E-state index contributed by atoms with van der Waals surface area (Å²) in [5, 5.41) is 0. The molecule has 14 heavy (non-hydrogen) atoms. The largest absolute Gasteiger partial charge is 0.494 e. The summed E-state index contributed by atoms with van der Waals surface area (Å²) in [7, 11) is 0. The minimum atomic E-state index is 0.574. The Hall–Kier alpha value is -0.980. The van der Waals surface area contributed by atoms with Crippen LogP contribution in [-0.2, 0) is 6.42 Å². The normalized spacial score (nSPS) is 10.6. The molecule has 0 heterocycles. The molecule has 0 saturated heterocycles. The molecule has 0 aliphatic carbocycles. The van der Waals surface area contributed by atoms with Crippen LogP contribution in [-0.4, -0.2) is 6.61 Å². The highest BCUT2D eigenvalue weighted by atomic mass is 16.5. The molecule has 0 spiro atoms. The van der Waals surface area contributed by atoms with E-state index in [4.69, 9.17) is 4.74 Å². The maximum absolute atomic E-state index is 5.62. The molecule has 0 bridgehead atoms. The van der Waals surface area contributed by atoms with Crippen molar-refractivity contribution in [2.45, 2.75) is 40.0 Å². The van der Waals surface area contributed by atoms with Crippen molar-refractivity contribution in [2.75, 3.05) is 6.61 Å². The fourth-order valence-corrected chi connectivity index (χ4v) is 1.79. The lowest BCUT2D eigenvalue weighted by molar-refractivity contribution is 0.336. The van der Waals surface area contributed by atoms with Crippen LogP contribution in [0.2, 0.25) is 0 Å². The number of rotatable bonds is 4. The van der Waals surface area contributed by atoms with Gasteiger partial charge in [-0.2, -0.15) is 0 Å². The number of ether oxygens (including phenoxy) is 1. The molecule has 0 amide bonds. The lowest BCUT2D eigenvalue weighted by atomic mass is 9.95. The third-order valence-corrected chi connectivity index (χ3v) is 2.44. The van der Waals surface area contributed by atoms with Gasteiger partial charge in [0.25, 0.3) is 0 Å². The Morgan fingerprint density at radius 3 is 2.43 bits per heavy atom. The Morgan fingerprint density at radius 1 is 1.21 bits per heavy atom. The van der Waals surface area contributed by atoms with Gasteiger partial charge in [0, 0.05) is 0 Å². The van der Waals surface area contributed by atoms with E-state index in [0.717, 1.165) is 18.8 Å². The summed E-state index contributed by atoms with van der Waals surface area (Å²) in [6, 6.07) is 6.35. The smallest absolute Gasteiger partial charge is 0.122 e. The lowest BCUT2D eigenvalue weighted by Crippen LogP contribution is -2.01. The summed E-state index contributed by atoms with van der Waals surface area (Å²) >= 11 is 0. The Bertz CT molecular complexity index is 289. The summed E-state index contributed by atoms with van der Waals surface area (Å²) in [5.41, 5.74) is 2.78. The third kappa shape index (κ3) is 2.28. The average Bonchev–Trinajstić information content (AvgIpc) is 2.18. The van der Waals surface area contributed by atoms with Gasteiger partial charge in [0.15, 0.2) is 0 Å². The van der Waals surface area contributed by atoms with E-state index >= 15 is 0 Å². The highest BCUT2D eigenvalue weighted by Gasteiger charge is 2.09. The Morgan fingerprint density at radius 2 is 1.93 bits per heavy atom. The summed E-state index contributed by atoms with van der Waals surface area (Å²) < 4.78 is 5.62. The van der Waals surface area contributed by atoms with Crippen molar-refractivity contribution in [1.29, 1.82) is 0 Å². The molecule has 0 aliphatic heterocycles. The summed E-state index contributed by atoms with van der Waals surface area (Å²) in [6.07, 6.45) is 1.05. The van der Waals surface area contributed by atoms with Gasteiger partial charge in [0.05, 0.1) is 6.61 Å². The zero-order valence-electron chi connectivity index (χ0n) is 9.63. The Balaban J connectivity index is 3.11. The van der Waals surface area contributed by atoms with Crippen LogP contribution in [0, 0.1) is 0 Å². The molecule has 1 nitrogen and oxygen atoms in total. The van der Waals surface area contributed by atoms with Crippen molar-refractivity contribution in [3.05, 3.63) is 29.3 Å². The van der Waals surface area contributed by atoms with Gasteiger partial charge in [0.2, 0.25) is 0 Å². The molecule has 0 aliphatic rings. The van der Waals surface area contributed by atoms with E-state index in [-0.39, 0.29) is 0 Å². The van der Waals surface area contributed by atoms with Crippen LogP contribution < -0.4 is 4.74 Å². The summed E-state index contributed by atoms with van der Waals surface area (Å²) in [4.78, 5) is 0. The van der Waals surface area contributed by atoms with E-state index in [1.165, 1.54) is 11.1 Å². The highest BCUT2D eigenvalue weighted by Crippen LogP contribution is 2.28. The summed E-state index contributed by atoms with van der Waals surface area (Å²) in [6.45, 7) is 9.41. The van der Waals surface area contributed by atoms with E-state index in [9.17, 15) is 0 Å². The molecule has 0 radical (unpaired) electrons. The minimum absolute atomic E-state index is 0.574. The first-order valence-electron chi connectivity index (χ1n) is 5.45. The Kier molecular flexibility index (Phi) is 3.99. The molecule has 0 atom stereocenters. The van der Waals surface area contributed by atoms with Gasteiger partial charge in [-0.3, -0.25) is 0 Å². The van der Waals surface area contributed by atoms with Crippen molar-refractivity contribution in [3.63, 3.8) is 0 Å². The van der Waals surface area contributed by atoms with Crippen molar-refractivity contribution < 1.29 is 4.74 Å². The van der Waals surface area contributed by atoms with Crippen LogP contribution in [0.25, 0.3) is 0 Å². The van der Waals surface area contributed by atoms with E-state index in [2.05, 4.69) is 39.0 Å². The van der Waals surface area contributed by atoms with E-state index in [1.54, 1.807) is 0 Å². The van der Waals surface area contributed by atoms with Crippen LogP contribution in [0.1, 0.15) is 44.7 Å². The van der Waals surface area contributed by atoms with Gasteiger partial charge in [-0.05, 0) is 36.5 Å². The topological polar surface area (TPSA) is 9.23 Å². The minimum Gasteiger partial charge on any atom is -0.494 e. The SMILES string of the molecule is CCOc1cccc(C(C)C)c1CC. The molecule has 0 saturated carbocycles. The highest BCUT2D eigenvalue weighted by molar-refractivity contribution is 5.41. The molecule has 1 rings (SSSR count). The monoisotopic (exact) mass is 192 g/mol. The predicted octanol–water partition coefficient (Wildman–Crippen LogP) is 3.77. The van der Waals surface area contributed by atoms with Crippen molar-refractivity contribution in [1.82, 2.24) is 0 Å². The quantitative estimate of drug-likeness (QED) is 0.705. The molecule has 1 heteroatoms. The molecule has 78 valence electrons. The second-order valence-electron chi connectivity index (χ2n) is 3.77. The molecule has 0 N–H and O–H groups in total. The molecular weight excluding hydrogens is 172 g/mol. The molecule has 0 unspecified atom stereocenters. The third-order valence-electron chi connectivity index (χ3n) is 2.44. The summed E-state index contributed by atoms with van der Waals surface area (Å²) in [5.74, 6) is 1.63. The molecule has 0 aromatic heterocycles. The van der Waals surface area contributed by atoms with E-state index < -0.39 is 0 Å². The molecule has 1 aromatic rings. The van der Waals surface area contributed by atoms with Crippen molar-refractivity contribution in [2.24, 2.45) is 0 Å². The molecular formula is C13H20O. The Labute approximate surface area is 87.1 Å². The zero-order valence-corrected chi connectivity index (χ0v) is 9.63. The van der Waals surface area contributed by atoms with Gasteiger partial charge in [0.1, 0.15) is 5.75 Å². The van der Waals surface area contributed by atoms with Crippen LogP contribution in [0.4, 0.5) is 0 Å². The average molecular weight is 192 g/mol. The van der Waals surface area contributed by atoms with Gasteiger partial charge < -0.3 is 4.74 Å². The predicted molar refractivity (Wildman–Crippen MR) is 61.1 cm³/mol. The first kappa shape index (κ1) is 11.1. The van der Waals surface area contributed by atoms with E-state index in [0.29, 0.717) is 5.92 Å². The first-order chi connectivity index (χ1) is 6.70. The van der Waals surface area contributed by atoms with Crippen LogP contribution in [0.3, 0.4) is 0 Å². The van der Waals surface area contributed by atoms with Gasteiger partial charge in [-0.25, -0.2) is 0 Å². The standard InChI is InChI=1S/C13H20O/c1-5-11-12(10(3)4)8-7-9-13(11)14-6-2/h7-10H,5-6H2,1-4H3. The van der Waals surface area contributed by atoms with Gasteiger partial charge >= 0.3 is 0 Å². The maximum atomic E-state index is 5.62. The first-order valence-corrected chi connectivity index (χ1v) is 5.45. The zero-order chi connectivity index (χ0) is 10.6. The second kappa shape index (κ2) is 5.04. The lowest BCUT2D eigenvalue weighted by Gasteiger charge is -2.15. The van der Waals surface area contributed by atoms with Gasteiger partial charge in [-0.1, -0.05) is 32.9 Å². The number of hydrogen-bond donors (Lipinski definition) is 0. The fraction of sp³-hybridized carbons (Fsp3) is 0.538. The number of hydrogen-bond acceptors (Lipinski definition) is 1. The van der Waals surface area contributed by atoms with Crippen molar-refractivity contribution in [3.8, 4) is 5.75 Å². The fourth-order valence-electron chi connectivity index (χ4n) is 1.79. The maximum Gasteiger partial charge on any atom is 0.122 e. The van der Waals surface area contributed by atoms with Gasteiger partial charge in [-0.15, -0.1) is 0 Å². The molecule has 1 aromatic carbocycles.